The molecule has 1 aliphatic carbocycles. The molecule has 0 radical (unpaired) electrons. The highest BCUT2D eigenvalue weighted by Crippen LogP contribution is 2.45. The van der Waals surface area contributed by atoms with Gasteiger partial charge in [-0.15, -0.1) is 0 Å². The van der Waals surface area contributed by atoms with E-state index in [-0.39, 0.29) is 11.4 Å². The van der Waals surface area contributed by atoms with Crippen molar-refractivity contribution in [2.24, 2.45) is 0 Å². The molecule has 0 fully saturated rings. The smallest absolute Gasteiger partial charge is 0.341 e. The van der Waals surface area contributed by atoms with E-state index in [2.05, 4.69) is 26.1 Å². The van der Waals surface area contributed by atoms with Crippen LogP contribution in [0.2, 0.25) is 0 Å². The lowest BCUT2D eigenvalue weighted by Gasteiger charge is -2.20. The number of carbonyl (C=O) groups is 1. The number of aromatic nitrogens is 1. The Kier molecular flexibility index (Phi) is 4.35. The fourth-order valence-electron chi connectivity index (χ4n) is 3.50. The summed E-state index contributed by atoms with van der Waals surface area (Å²) in [4.78, 5) is 17.2. The summed E-state index contributed by atoms with van der Waals surface area (Å²) in [6, 6.07) is 5.68. The van der Waals surface area contributed by atoms with Crippen molar-refractivity contribution in [3.63, 3.8) is 0 Å². The summed E-state index contributed by atoms with van der Waals surface area (Å²) >= 11 is 0. The van der Waals surface area contributed by atoms with Gasteiger partial charge >= 0.3 is 5.97 Å². The molecule has 2 aromatic rings. The molecule has 24 heavy (non-hydrogen) atoms. The van der Waals surface area contributed by atoms with Crippen LogP contribution in [-0.4, -0.2) is 17.6 Å². The van der Waals surface area contributed by atoms with E-state index < -0.39 is 0 Å². The van der Waals surface area contributed by atoms with Crippen LogP contribution >= 0.6 is 0 Å². The van der Waals surface area contributed by atoms with Gasteiger partial charge in [-0.2, -0.15) is 0 Å². The van der Waals surface area contributed by atoms with Gasteiger partial charge in [-0.3, -0.25) is 0 Å². The summed E-state index contributed by atoms with van der Waals surface area (Å²) in [6.45, 7) is 9.20. The fraction of sp³-hybridized carbons (Fsp3) is 0.474. The summed E-state index contributed by atoms with van der Waals surface area (Å²) < 4.78 is 10.6. The Labute approximate surface area is 142 Å². The highest BCUT2D eigenvalue weighted by Gasteiger charge is 2.37. The highest BCUT2D eigenvalue weighted by molar-refractivity contribution is 5.95. The third kappa shape index (κ3) is 3.03. The second kappa shape index (κ2) is 6.30. The first-order valence-corrected chi connectivity index (χ1v) is 8.41. The molecule has 5 heteroatoms. The van der Waals surface area contributed by atoms with Crippen LogP contribution in [0.3, 0.4) is 0 Å². The number of hydrogen-bond acceptors (Lipinski definition) is 5. The first kappa shape index (κ1) is 16.6. The molecule has 0 bridgehead atoms. The Bertz CT molecular complexity index is 735. The highest BCUT2D eigenvalue weighted by atomic mass is 16.5. The molecule has 0 saturated heterocycles. The number of furan rings is 1. The number of ether oxygens (including phenoxy) is 1. The maximum atomic E-state index is 12.4. The average Bonchev–Trinajstić information content (AvgIpc) is 3.11. The summed E-state index contributed by atoms with van der Waals surface area (Å²) in [6.07, 6.45) is 2.66. The first-order valence-electron chi connectivity index (χ1n) is 8.41. The number of fused-ring (bicyclic) bond motifs is 1. The van der Waals surface area contributed by atoms with Gasteiger partial charge in [0, 0.05) is 5.69 Å². The standard InChI is InChI=1S/C19H24N2O3/c1-5-23-18(22)14-9-15-16(12(2)10-19(15,3)4)21-17(14)20-11-13-7-6-8-24-13/h6-9,12H,5,10-11H2,1-4H3,(H,20,21). The van der Waals surface area contributed by atoms with Crippen LogP contribution in [0.15, 0.2) is 28.9 Å². The monoisotopic (exact) mass is 328 g/mol. The lowest BCUT2D eigenvalue weighted by Crippen LogP contribution is -2.17. The predicted molar refractivity (Wildman–Crippen MR) is 92.3 cm³/mol. The molecule has 3 rings (SSSR count). The van der Waals surface area contributed by atoms with E-state index >= 15 is 0 Å². The Hall–Kier alpha value is -2.30. The molecule has 1 atom stereocenters. The number of hydrogen-bond donors (Lipinski definition) is 1. The lowest BCUT2D eigenvalue weighted by molar-refractivity contribution is 0.0527. The number of nitrogens with one attached hydrogen (secondary N) is 1. The van der Waals surface area contributed by atoms with Crippen molar-refractivity contribution in [1.82, 2.24) is 4.98 Å². The summed E-state index contributed by atoms with van der Waals surface area (Å²) in [5.74, 6) is 1.38. The number of esters is 1. The predicted octanol–water partition coefficient (Wildman–Crippen LogP) is 4.25. The zero-order valence-corrected chi connectivity index (χ0v) is 14.7. The summed E-state index contributed by atoms with van der Waals surface area (Å²) in [5, 5.41) is 3.23. The fourth-order valence-corrected chi connectivity index (χ4v) is 3.50. The Morgan fingerprint density at radius 1 is 1.50 bits per heavy atom. The van der Waals surface area contributed by atoms with E-state index in [0.29, 0.717) is 30.5 Å². The van der Waals surface area contributed by atoms with E-state index in [1.165, 1.54) is 0 Å². The molecule has 0 aromatic carbocycles. The second-order valence-corrected chi connectivity index (χ2v) is 6.96. The van der Waals surface area contributed by atoms with E-state index in [1.807, 2.05) is 18.2 Å². The minimum Gasteiger partial charge on any atom is -0.467 e. The van der Waals surface area contributed by atoms with Crippen LogP contribution in [0.5, 0.6) is 0 Å². The SMILES string of the molecule is CCOC(=O)c1cc2c(nc1NCc1ccco1)C(C)CC2(C)C. The van der Waals surface area contributed by atoms with Crippen molar-refractivity contribution < 1.29 is 13.9 Å². The molecule has 0 amide bonds. The molecule has 2 aromatic heterocycles. The van der Waals surface area contributed by atoms with Crippen LogP contribution < -0.4 is 5.32 Å². The molecule has 2 heterocycles. The Morgan fingerprint density at radius 3 is 2.96 bits per heavy atom. The molecule has 1 unspecified atom stereocenters. The third-order valence-electron chi connectivity index (χ3n) is 4.57. The molecule has 1 N–H and O–H groups in total. The van der Waals surface area contributed by atoms with Gasteiger partial charge in [-0.05, 0) is 48.4 Å². The molecule has 0 saturated carbocycles. The minimum absolute atomic E-state index is 0.0164. The van der Waals surface area contributed by atoms with Gasteiger partial charge in [-0.1, -0.05) is 20.8 Å². The van der Waals surface area contributed by atoms with Crippen molar-refractivity contribution in [2.75, 3.05) is 11.9 Å². The van der Waals surface area contributed by atoms with E-state index in [0.717, 1.165) is 23.4 Å². The van der Waals surface area contributed by atoms with Gasteiger partial charge in [0.25, 0.3) is 0 Å². The van der Waals surface area contributed by atoms with Crippen LogP contribution in [0.25, 0.3) is 0 Å². The summed E-state index contributed by atoms with van der Waals surface area (Å²) in [7, 11) is 0. The minimum atomic E-state index is -0.343. The number of nitrogens with zero attached hydrogens (tertiary/aromatic N) is 1. The van der Waals surface area contributed by atoms with E-state index in [4.69, 9.17) is 14.1 Å². The second-order valence-electron chi connectivity index (χ2n) is 6.96. The third-order valence-corrected chi connectivity index (χ3v) is 4.57. The lowest BCUT2D eigenvalue weighted by atomic mass is 9.86. The quantitative estimate of drug-likeness (QED) is 0.831. The molecule has 5 nitrogen and oxygen atoms in total. The van der Waals surface area contributed by atoms with Crippen LogP contribution in [0.4, 0.5) is 5.82 Å². The van der Waals surface area contributed by atoms with Gasteiger partial charge in [-0.25, -0.2) is 9.78 Å². The van der Waals surface area contributed by atoms with Gasteiger partial charge in [0.15, 0.2) is 0 Å². The van der Waals surface area contributed by atoms with E-state index in [1.54, 1.807) is 13.2 Å². The zero-order valence-electron chi connectivity index (χ0n) is 14.7. The van der Waals surface area contributed by atoms with E-state index in [9.17, 15) is 4.79 Å². The van der Waals surface area contributed by atoms with Gasteiger partial charge in [0.1, 0.15) is 17.1 Å². The maximum Gasteiger partial charge on any atom is 0.341 e. The zero-order chi connectivity index (χ0) is 17.3. The van der Waals surface area contributed by atoms with Gasteiger partial charge in [0.05, 0.1) is 19.4 Å². The number of anilines is 1. The molecule has 0 aliphatic heterocycles. The molecular formula is C19H24N2O3. The average molecular weight is 328 g/mol. The largest absolute Gasteiger partial charge is 0.467 e. The number of carbonyl (C=O) groups excluding carboxylic acids is 1. The van der Waals surface area contributed by atoms with Crippen molar-refractivity contribution in [3.8, 4) is 0 Å². The van der Waals surface area contributed by atoms with Crippen molar-refractivity contribution in [1.29, 1.82) is 0 Å². The van der Waals surface area contributed by atoms with Crippen molar-refractivity contribution >= 4 is 11.8 Å². The van der Waals surface area contributed by atoms with Crippen LogP contribution in [0, 0.1) is 0 Å². The maximum absolute atomic E-state index is 12.4. The van der Waals surface area contributed by atoms with Crippen LogP contribution in [0.1, 0.15) is 67.4 Å². The molecule has 0 spiro atoms. The number of pyridine rings is 1. The van der Waals surface area contributed by atoms with Crippen LogP contribution in [-0.2, 0) is 16.7 Å². The molecular weight excluding hydrogens is 304 g/mol. The van der Waals surface area contributed by atoms with Crippen molar-refractivity contribution in [3.05, 3.63) is 47.0 Å². The first-order chi connectivity index (χ1) is 11.4. The van der Waals surface area contributed by atoms with Gasteiger partial charge in [0.2, 0.25) is 0 Å². The Morgan fingerprint density at radius 2 is 2.29 bits per heavy atom. The van der Waals surface area contributed by atoms with Crippen molar-refractivity contribution in [2.45, 2.75) is 52.0 Å². The normalized spacial score (nSPS) is 18.2. The topological polar surface area (TPSA) is 64.4 Å². The molecule has 1 aliphatic rings. The number of rotatable bonds is 5. The molecule has 128 valence electrons. The summed E-state index contributed by atoms with van der Waals surface area (Å²) in [5.41, 5.74) is 2.71. The Balaban J connectivity index is 1.99. The van der Waals surface area contributed by atoms with Gasteiger partial charge < -0.3 is 14.5 Å².